The number of rotatable bonds is 4. The summed E-state index contributed by atoms with van der Waals surface area (Å²) in [5.74, 6) is -1.68. The highest BCUT2D eigenvalue weighted by Gasteiger charge is 2.37. The number of nitrogens with zero attached hydrogens (tertiary/aromatic N) is 2. The highest BCUT2D eigenvalue weighted by molar-refractivity contribution is 6.10. The van der Waals surface area contributed by atoms with Crippen molar-refractivity contribution >= 4 is 17.6 Å². The highest BCUT2D eigenvalue weighted by atomic mass is 16.4. The third-order valence-corrected chi connectivity index (χ3v) is 3.98. The molecule has 0 bridgehead atoms. The normalized spacial score (nSPS) is 15.9. The Labute approximate surface area is 136 Å². The largest absolute Gasteiger partial charge is 0.481 e. The van der Waals surface area contributed by atoms with E-state index in [2.05, 4.69) is 5.32 Å². The minimum Gasteiger partial charge on any atom is -0.481 e. The van der Waals surface area contributed by atoms with Crippen molar-refractivity contribution in [3.8, 4) is 0 Å². The summed E-state index contributed by atoms with van der Waals surface area (Å²) in [5, 5.41) is 11.6. The van der Waals surface area contributed by atoms with E-state index in [1.54, 1.807) is 0 Å². The lowest BCUT2D eigenvalue weighted by atomic mass is 10.1. The minimum atomic E-state index is -1.16. The van der Waals surface area contributed by atoms with Crippen LogP contribution < -0.4 is 16.6 Å². The predicted molar refractivity (Wildman–Crippen MR) is 85.5 cm³/mol. The fraction of sp³-hybridized carbons (Fsp3) is 0.250. The smallest absolute Gasteiger partial charge is 0.332 e. The van der Waals surface area contributed by atoms with Gasteiger partial charge >= 0.3 is 11.7 Å². The Balaban J connectivity index is 2.14. The second kappa shape index (κ2) is 5.80. The molecule has 24 heavy (non-hydrogen) atoms. The molecule has 1 aliphatic heterocycles. The summed E-state index contributed by atoms with van der Waals surface area (Å²) in [4.78, 5) is 48.0. The van der Waals surface area contributed by atoms with Gasteiger partial charge < -0.3 is 10.4 Å². The van der Waals surface area contributed by atoms with Gasteiger partial charge in [-0.3, -0.25) is 23.5 Å². The number of aliphatic carboxylic acids is 1. The molecule has 3 rings (SSSR count). The molecule has 0 aliphatic carbocycles. The number of hydrogen-bond acceptors (Lipinski definition) is 5. The molecule has 1 unspecified atom stereocenters. The third-order valence-electron chi connectivity index (χ3n) is 3.98. The molecule has 0 saturated carbocycles. The van der Waals surface area contributed by atoms with Gasteiger partial charge in [0.2, 0.25) is 0 Å². The maximum atomic E-state index is 12.4. The van der Waals surface area contributed by atoms with E-state index in [1.165, 1.54) is 11.6 Å². The minimum absolute atomic E-state index is 0.0863. The lowest BCUT2D eigenvalue weighted by Gasteiger charge is -2.14. The van der Waals surface area contributed by atoms with Gasteiger partial charge in [0.25, 0.3) is 5.56 Å². The summed E-state index contributed by atoms with van der Waals surface area (Å²) in [6, 6.07) is 8.05. The molecule has 2 N–H and O–H groups in total. The molecule has 2 heterocycles. The lowest BCUT2D eigenvalue weighted by molar-refractivity contribution is -0.137. The molecule has 1 atom stereocenters. The van der Waals surface area contributed by atoms with Crippen molar-refractivity contribution in [1.82, 2.24) is 9.13 Å². The van der Waals surface area contributed by atoms with E-state index in [4.69, 9.17) is 5.11 Å². The number of carbonyl (C=O) groups is 2. The van der Waals surface area contributed by atoms with E-state index >= 15 is 0 Å². The number of aromatic nitrogens is 2. The van der Waals surface area contributed by atoms with Crippen LogP contribution in [0.1, 0.15) is 22.3 Å². The van der Waals surface area contributed by atoms with Crippen molar-refractivity contribution in [2.45, 2.75) is 19.0 Å². The van der Waals surface area contributed by atoms with Gasteiger partial charge in [0.05, 0.1) is 13.0 Å². The average Bonchev–Trinajstić information content (AvgIpc) is 2.86. The Kier molecular flexibility index (Phi) is 3.80. The molecule has 1 aromatic heterocycles. The molecule has 1 aliphatic rings. The molecule has 0 fully saturated rings. The number of Topliss-reactive ketones (excluding diaryl/α,β-unsaturated/α-hetero) is 1. The van der Waals surface area contributed by atoms with Crippen LogP contribution in [-0.4, -0.2) is 32.0 Å². The van der Waals surface area contributed by atoms with Crippen molar-refractivity contribution < 1.29 is 14.7 Å². The molecular weight excluding hydrogens is 314 g/mol. The first kappa shape index (κ1) is 15.7. The van der Waals surface area contributed by atoms with Gasteiger partial charge in [-0.2, -0.15) is 0 Å². The van der Waals surface area contributed by atoms with Crippen LogP contribution in [0.3, 0.4) is 0 Å². The van der Waals surface area contributed by atoms with E-state index in [9.17, 15) is 19.2 Å². The SMILES string of the molecule is Cn1c(=O)c2c(n(Cc3ccccc3)c1=O)NC(CC(=O)O)C2=O. The van der Waals surface area contributed by atoms with Crippen LogP contribution in [0.15, 0.2) is 39.9 Å². The predicted octanol–water partition coefficient (Wildman–Crippen LogP) is 0.0468. The first-order valence-corrected chi connectivity index (χ1v) is 7.30. The zero-order valence-electron chi connectivity index (χ0n) is 12.9. The van der Waals surface area contributed by atoms with Gasteiger partial charge in [-0.15, -0.1) is 0 Å². The van der Waals surface area contributed by atoms with Gasteiger partial charge in [0, 0.05) is 7.05 Å². The molecule has 1 aromatic carbocycles. The first-order chi connectivity index (χ1) is 11.4. The topological polar surface area (TPSA) is 110 Å². The molecule has 0 saturated heterocycles. The molecule has 0 radical (unpaired) electrons. The number of ketones is 1. The molecule has 124 valence electrons. The van der Waals surface area contributed by atoms with Crippen molar-refractivity contribution in [3.05, 3.63) is 62.3 Å². The van der Waals surface area contributed by atoms with Crippen molar-refractivity contribution in [2.24, 2.45) is 7.05 Å². The van der Waals surface area contributed by atoms with Gasteiger partial charge in [-0.25, -0.2) is 4.79 Å². The van der Waals surface area contributed by atoms with Gasteiger partial charge in [-0.05, 0) is 5.56 Å². The van der Waals surface area contributed by atoms with E-state index < -0.39 is 35.5 Å². The Hall–Kier alpha value is -3.16. The van der Waals surface area contributed by atoms with Gasteiger partial charge in [-0.1, -0.05) is 30.3 Å². The summed E-state index contributed by atoms with van der Waals surface area (Å²) in [6.45, 7) is 0.163. The summed E-state index contributed by atoms with van der Waals surface area (Å²) in [7, 11) is 1.30. The lowest BCUT2D eigenvalue weighted by Crippen LogP contribution is -2.40. The molecule has 0 amide bonds. The number of carboxylic acid groups (broad SMARTS) is 1. The van der Waals surface area contributed by atoms with E-state index in [-0.39, 0.29) is 17.9 Å². The number of anilines is 1. The first-order valence-electron chi connectivity index (χ1n) is 7.30. The summed E-state index contributed by atoms with van der Waals surface area (Å²) in [5.41, 5.74) is -0.640. The zero-order valence-corrected chi connectivity index (χ0v) is 12.9. The van der Waals surface area contributed by atoms with Crippen LogP contribution in [0.4, 0.5) is 5.82 Å². The van der Waals surface area contributed by atoms with Crippen LogP contribution in [0.5, 0.6) is 0 Å². The second-order valence-electron chi connectivity index (χ2n) is 5.60. The molecule has 8 heteroatoms. The quantitative estimate of drug-likeness (QED) is 0.820. The monoisotopic (exact) mass is 329 g/mol. The van der Waals surface area contributed by atoms with Gasteiger partial charge in [0.15, 0.2) is 5.78 Å². The molecule has 8 nitrogen and oxygen atoms in total. The number of fused-ring (bicyclic) bond motifs is 1. The Morgan fingerprint density at radius 1 is 1.21 bits per heavy atom. The van der Waals surface area contributed by atoms with E-state index in [0.29, 0.717) is 0 Å². The van der Waals surface area contributed by atoms with E-state index in [1.807, 2.05) is 30.3 Å². The van der Waals surface area contributed by atoms with Crippen LogP contribution in [0.2, 0.25) is 0 Å². The van der Waals surface area contributed by atoms with Crippen LogP contribution in [-0.2, 0) is 18.4 Å². The summed E-state index contributed by atoms with van der Waals surface area (Å²) < 4.78 is 2.15. The summed E-state index contributed by atoms with van der Waals surface area (Å²) >= 11 is 0. The number of carboxylic acids is 1. The fourth-order valence-electron chi connectivity index (χ4n) is 2.78. The maximum Gasteiger partial charge on any atom is 0.332 e. The molecule has 2 aromatic rings. The summed E-state index contributed by atoms with van der Waals surface area (Å²) in [6.07, 6.45) is -0.462. The highest BCUT2D eigenvalue weighted by Crippen LogP contribution is 2.24. The average molecular weight is 329 g/mol. The Morgan fingerprint density at radius 2 is 1.88 bits per heavy atom. The van der Waals surface area contributed by atoms with Crippen molar-refractivity contribution in [2.75, 3.05) is 5.32 Å². The Bertz CT molecular complexity index is 943. The van der Waals surface area contributed by atoms with Crippen LogP contribution in [0, 0.1) is 0 Å². The van der Waals surface area contributed by atoms with Crippen molar-refractivity contribution in [1.29, 1.82) is 0 Å². The Morgan fingerprint density at radius 3 is 2.50 bits per heavy atom. The number of nitrogens with one attached hydrogen (secondary N) is 1. The maximum absolute atomic E-state index is 12.4. The second-order valence-corrected chi connectivity index (χ2v) is 5.60. The van der Waals surface area contributed by atoms with Crippen molar-refractivity contribution in [3.63, 3.8) is 0 Å². The zero-order chi connectivity index (χ0) is 17.4. The third kappa shape index (κ3) is 2.51. The molecular formula is C16H15N3O5. The number of benzene rings is 1. The van der Waals surface area contributed by atoms with Gasteiger partial charge in [0.1, 0.15) is 17.4 Å². The van der Waals surface area contributed by atoms with Crippen LogP contribution in [0.25, 0.3) is 0 Å². The fourth-order valence-corrected chi connectivity index (χ4v) is 2.78. The van der Waals surface area contributed by atoms with E-state index in [0.717, 1.165) is 10.1 Å². The standard InChI is InChI=1S/C16H15N3O5/c1-18-15(23)12-13(22)10(7-11(20)21)17-14(12)19(16(18)24)8-9-5-3-2-4-6-9/h2-6,10,17H,7-8H2,1H3,(H,20,21). The van der Waals surface area contributed by atoms with Crippen LogP contribution >= 0.6 is 0 Å². The number of hydrogen-bond donors (Lipinski definition) is 2. The number of carbonyl (C=O) groups excluding carboxylic acids is 1. The molecule has 0 spiro atoms.